The molecule has 0 aromatic carbocycles. The molecule has 7 heteroatoms. The summed E-state index contributed by atoms with van der Waals surface area (Å²) in [5.74, 6) is 0.653. The van der Waals surface area contributed by atoms with Gasteiger partial charge in [-0.3, -0.25) is 9.36 Å². The van der Waals surface area contributed by atoms with Crippen LogP contribution in [0.15, 0.2) is 18.5 Å². The number of hydrogen-bond donors (Lipinski definition) is 0. The molecule has 2 aromatic rings. The number of aromatic nitrogens is 4. The Labute approximate surface area is 127 Å². The van der Waals surface area contributed by atoms with E-state index in [9.17, 15) is 13.2 Å². The molecule has 2 aromatic heterocycles. The van der Waals surface area contributed by atoms with E-state index in [0.29, 0.717) is 17.2 Å². The summed E-state index contributed by atoms with van der Waals surface area (Å²) in [6, 6.07) is 1.06. The Bertz CT molecular complexity index is 609. The minimum absolute atomic E-state index is 0.428. The van der Waals surface area contributed by atoms with Gasteiger partial charge in [0.25, 0.3) is 0 Å². The van der Waals surface area contributed by atoms with Crippen LogP contribution in [0.2, 0.25) is 0 Å². The molecule has 1 saturated carbocycles. The zero-order valence-corrected chi connectivity index (χ0v) is 13.1. The summed E-state index contributed by atoms with van der Waals surface area (Å²) in [6.45, 7) is 4.84. The van der Waals surface area contributed by atoms with Crippen LogP contribution >= 0.6 is 0 Å². The van der Waals surface area contributed by atoms with Crippen LogP contribution in [0.3, 0.4) is 0 Å². The van der Waals surface area contributed by atoms with Gasteiger partial charge in [-0.1, -0.05) is 20.3 Å². The van der Waals surface area contributed by atoms with Crippen LogP contribution in [-0.4, -0.2) is 19.6 Å². The lowest BCUT2D eigenvalue weighted by molar-refractivity contribution is -0.141. The Hall–Kier alpha value is -1.79. The number of halogens is 3. The van der Waals surface area contributed by atoms with E-state index in [1.165, 1.54) is 31.0 Å². The molecule has 0 unspecified atom stereocenters. The standard InChI is InChI=1S/C13H15F3N4.C2H6/c1-19-11(5-12(18-19)13(14,15)16)10-6-17-20(8-10)7-9-3-2-4-9;1-2/h5-6,8-9H,2-4,7H2,1H3;1-2H3. The molecule has 2 heterocycles. The Morgan fingerprint density at radius 3 is 2.45 bits per heavy atom. The molecule has 0 bridgehead atoms. The predicted octanol–water partition coefficient (Wildman–Crippen LogP) is 4.13. The fraction of sp³-hybridized carbons (Fsp3) is 0.600. The molecular formula is C15H21F3N4. The normalized spacial score (nSPS) is 15.2. The van der Waals surface area contributed by atoms with Crippen molar-refractivity contribution in [3.8, 4) is 11.3 Å². The maximum absolute atomic E-state index is 12.6. The lowest BCUT2D eigenvalue weighted by atomic mass is 9.85. The molecule has 3 rings (SSSR count). The van der Waals surface area contributed by atoms with Gasteiger partial charge in [0.2, 0.25) is 0 Å². The van der Waals surface area contributed by atoms with Crippen LogP contribution < -0.4 is 0 Å². The van der Waals surface area contributed by atoms with Gasteiger partial charge in [0.15, 0.2) is 5.69 Å². The van der Waals surface area contributed by atoms with Gasteiger partial charge < -0.3 is 0 Å². The molecule has 1 aliphatic carbocycles. The molecule has 0 spiro atoms. The van der Waals surface area contributed by atoms with Crippen LogP contribution in [0, 0.1) is 5.92 Å². The summed E-state index contributed by atoms with van der Waals surface area (Å²) >= 11 is 0. The van der Waals surface area contributed by atoms with Crippen LogP contribution in [0.4, 0.5) is 13.2 Å². The summed E-state index contributed by atoms with van der Waals surface area (Å²) in [5.41, 5.74) is 0.216. The second kappa shape index (κ2) is 6.54. The molecule has 0 aliphatic heterocycles. The molecular weight excluding hydrogens is 293 g/mol. The van der Waals surface area contributed by atoms with Gasteiger partial charge in [0, 0.05) is 25.4 Å². The van der Waals surface area contributed by atoms with Crippen LogP contribution in [0.1, 0.15) is 38.8 Å². The Kier molecular flexibility index (Phi) is 4.93. The third-order valence-corrected chi connectivity index (χ3v) is 3.77. The van der Waals surface area contributed by atoms with E-state index in [2.05, 4.69) is 10.2 Å². The second-order valence-corrected chi connectivity index (χ2v) is 5.28. The first kappa shape index (κ1) is 16.6. The third kappa shape index (κ3) is 3.51. The van der Waals surface area contributed by atoms with Crippen molar-refractivity contribution in [1.29, 1.82) is 0 Å². The monoisotopic (exact) mass is 314 g/mol. The van der Waals surface area contributed by atoms with E-state index < -0.39 is 11.9 Å². The van der Waals surface area contributed by atoms with E-state index in [-0.39, 0.29) is 0 Å². The molecule has 0 amide bonds. The summed E-state index contributed by atoms with van der Waals surface area (Å²) in [6.07, 6.45) is 2.64. The van der Waals surface area contributed by atoms with Crippen LogP contribution in [0.5, 0.6) is 0 Å². The smallest absolute Gasteiger partial charge is 0.272 e. The Morgan fingerprint density at radius 2 is 1.95 bits per heavy atom. The minimum atomic E-state index is -4.42. The van der Waals surface area contributed by atoms with Crippen LogP contribution in [-0.2, 0) is 19.8 Å². The molecule has 122 valence electrons. The third-order valence-electron chi connectivity index (χ3n) is 3.77. The molecule has 22 heavy (non-hydrogen) atoms. The highest BCUT2D eigenvalue weighted by atomic mass is 19.4. The number of aryl methyl sites for hydroxylation is 1. The average molecular weight is 314 g/mol. The van der Waals surface area contributed by atoms with Crippen molar-refractivity contribution in [2.75, 3.05) is 0 Å². The van der Waals surface area contributed by atoms with Gasteiger partial charge in [0.05, 0.1) is 11.9 Å². The molecule has 0 N–H and O–H groups in total. The number of rotatable bonds is 3. The molecule has 1 fully saturated rings. The fourth-order valence-corrected chi connectivity index (χ4v) is 2.41. The highest BCUT2D eigenvalue weighted by Gasteiger charge is 2.34. The van der Waals surface area contributed by atoms with E-state index in [1.54, 1.807) is 17.1 Å². The zero-order valence-electron chi connectivity index (χ0n) is 13.1. The van der Waals surface area contributed by atoms with Gasteiger partial charge in [-0.25, -0.2) is 0 Å². The van der Waals surface area contributed by atoms with E-state index >= 15 is 0 Å². The summed E-state index contributed by atoms with van der Waals surface area (Å²) in [7, 11) is 1.51. The highest BCUT2D eigenvalue weighted by Crippen LogP contribution is 2.32. The average Bonchev–Trinajstić information content (AvgIpc) is 3.02. The lowest BCUT2D eigenvalue weighted by Crippen LogP contribution is -2.18. The Morgan fingerprint density at radius 1 is 1.27 bits per heavy atom. The lowest BCUT2D eigenvalue weighted by Gasteiger charge is -2.24. The first-order chi connectivity index (χ1) is 10.4. The number of nitrogens with zero attached hydrogens (tertiary/aromatic N) is 4. The van der Waals surface area contributed by atoms with Crippen molar-refractivity contribution in [3.63, 3.8) is 0 Å². The van der Waals surface area contributed by atoms with E-state index in [1.807, 2.05) is 13.8 Å². The molecule has 0 radical (unpaired) electrons. The van der Waals surface area contributed by atoms with E-state index in [0.717, 1.165) is 12.6 Å². The van der Waals surface area contributed by atoms with Gasteiger partial charge in [0.1, 0.15) is 0 Å². The van der Waals surface area contributed by atoms with Gasteiger partial charge in [-0.05, 0) is 24.8 Å². The quantitative estimate of drug-likeness (QED) is 0.854. The first-order valence-corrected chi connectivity index (χ1v) is 7.57. The van der Waals surface area contributed by atoms with Crippen molar-refractivity contribution in [2.24, 2.45) is 13.0 Å². The maximum atomic E-state index is 12.6. The van der Waals surface area contributed by atoms with Gasteiger partial charge >= 0.3 is 6.18 Å². The predicted molar refractivity (Wildman–Crippen MR) is 78.1 cm³/mol. The van der Waals surface area contributed by atoms with Gasteiger partial charge in [-0.2, -0.15) is 23.4 Å². The summed E-state index contributed by atoms with van der Waals surface area (Å²) < 4.78 is 40.9. The zero-order chi connectivity index (χ0) is 16.3. The first-order valence-electron chi connectivity index (χ1n) is 7.57. The maximum Gasteiger partial charge on any atom is 0.435 e. The highest BCUT2D eigenvalue weighted by molar-refractivity contribution is 5.58. The molecule has 0 atom stereocenters. The summed E-state index contributed by atoms with van der Waals surface area (Å²) in [4.78, 5) is 0. The van der Waals surface area contributed by atoms with Crippen molar-refractivity contribution in [2.45, 2.75) is 45.8 Å². The summed E-state index contributed by atoms with van der Waals surface area (Å²) in [5, 5.41) is 7.73. The van der Waals surface area contributed by atoms with Crippen molar-refractivity contribution >= 4 is 0 Å². The fourth-order valence-electron chi connectivity index (χ4n) is 2.41. The largest absolute Gasteiger partial charge is 0.435 e. The molecule has 1 aliphatic rings. The van der Waals surface area contributed by atoms with Gasteiger partial charge in [-0.15, -0.1) is 0 Å². The number of hydrogen-bond acceptors (Lipinski definition) is 2. The molecule has 4 nitrogen and oxygen atoms in total. The minimum Gasteiger partial charge on any atom is -0.272 e. The number of alkyl halides is 3. The van der Waals surface area contributed by atoms with Crippen molar-refractivity contribution in [1.82, 2.24) is 19.6 Å². The van der Waals surface area contributed by atoms with Crippen LogP contribution in [0.25, 0.3) is 11.3 Å². The SMILES string of the molecule is CC.Cn1nc(C(F)(F)F)cc1-c1cnn(CC2CCC2)c1. The van der Waals surface area contributed by atoms with Crippen molar-refractivity contribution < 1.29 is 13.2 Å². The Balaban J connectivity index is 0.000000847. The topological polar surface area (TPSA) is 35.6 Å². The molecule has 0 saturated heterocycles. The van der Waals surface area contributed by atoms with Crippen molar-refractivity contribution in [3.05, 3.63) is 24.2 Å². The van der Waals surface area contributed by atoms with E-state index in [4.69, 9.17) is 0 Å². The second-order valence-electron chi connectivity index (χ2n) is 5.28.